The van der Waals surface area contributed by atoms with Gasteiger partial charge in [-0.15, -0.1) is 0 Å². The summed E-state index contributed by atoms with van der Waals surface area (Å²) in [4.78, 5) is 3.89. The summed E-state index contributed by atoms with van der Waals surface area (Å²) < 4.78 is 31.8. The Morgan fingerprint density at radius 1 is 1.11 bits per heavy atom. The molecule has 94 valence electrons. The molecular weight excluding hydrogens is 240 g/mol. The number of rotatable bonds is 4. The van der Waals surface area contributed by atoms with Gasteiger partial charge >= 0.3 is 0 Å². The zero-order valence-electron chi connectivity index (χ0n) is 9.44. The molecule has 0 fully saturated rings. The molecule has 0 aliphatic rings. The van der Waals surface area contributed by atoms with Crippen molar-refractivity contribution in [1.29, 1.82) is 0 Å². The van der Waals surface area contributed by atoms with Crippen LogP contribution >= 0.6 is 0 Å². The van der Waals surface area contributed by atoms with E-state index in [9.17, 15) is 8.78 Å². The molecule has 2 rings (SSSR count). The van der Waals surface area contributed by atoms with E-state index in [0.29, 0.717) is 11.4 Å². The summed E-state index contributed by atoms with van der Waals surface area (Å²) in [6.07, 6.45) is 1.39. The fourth-order valence-corrected chi connectivity index (χ4v) is 1.42. The summed E-state index contributed by atoms with van der Waals surface area (Å²) in [6.45, 7) is -0.374. The average Bonchev–Trinajstić information content (AvgIpc) is 2.39. The van der Waals surface area contributed by atoms with E-state index in [2.05, 4.69) is 4.98 Å². The van der Waals surface area contributed by atoms with Gasteiger partial charge in [0.25, 0.3) is 0 Å². The third-order valence-electron chi connectivity index (χ3n) is 2.40. The Labute approximate surface area is 103 Å². The fourth-order valence-electron chi connectivity index (χ4n) is 1.42. The third-order valence-corrected chi connectivity index (χ3v) is 2.40. The number of ether oxygens (including phenoxy) is 1. The van der Waals surface area contributed by atoms with Crippen molar-refractivity contribution >= 4 is 0 Å². The van der Waals surface area contributed by atoms with Crippen LogP contribution in [0.1, 0.15) is 11.3 Å². The van der Waals surface area contributed by atoms with Crippen LogP contribution in [0.4, 0.5) is 8.78 Å². The molecule has 0 aliphatic carbocycles. The van der Waals surface area contributed by atoms with Crippen molar-refractivity contribution < 1.29 is 18.6 Å². The molecule has 18 heavy (non-hydrogen) atoms. The molecule has 1 aromatic carbocycles. The summed E-state index contributed by atoms with van der Waals surface area (Å²) in [5, 5.41) is 8.81. The van der Waals surface area contributed by atoms with Gasteiger partial charge < -0.3 is 9.84 Å². The number of aromatic nitrogens is 1. The largest absolute Gasteiger partial charge is 0.487 e. The van der Waals surface area contributed by atoms with E-state index in [4.69, 9.17) is 9.84 Å². The summed E-state index contributed by atoms with van der Waals surface area (Å²) in [6, 6.07) is 6.81. The predicted molar refractivity (Wildman–Crippen MR) is 60.8 cm³/mol. The molecule has 0 unspecified atom stereocenters. The van der Waals surface area contributed by atoms with Gasteiger partial charge in [0.15, 0.2) is 0 Å². The first-order valence-corrected chi connectivity index (χ1v) is 5.32. The molecule has 1 aromatic heterocycles. The standard InChI is InChI=1S/C13H11F2NO2/c14-12-2-1-3-13(15)11(12)8-18-10-5-4-9(7-17)16-6-10/h1-6,17H,7-8H2. The molecule has 2 aromatic rings. The lowest BCUT2D eigenvalue weighted by Crippen LogP contribution is -2.02. The molecule has 0 saturated heterocycles. The van der Waals surface area contributed by atoms with Crippen LogP contribution in [0, 0.1) is 11.6 Å². The summed E-state index contributed by atoms with van der Waals surface area (Å²) >= 11 is 0. The molecule has 0 aliphatic heterocycles. The van der Waals surface area contributed by atoms with Gasteiger partial charge in [-0.25, -0.2) is 8.78 Å². The van der Waals surface area contributed by atoms with Crippen LogP contribution in [0.15, 0.2) is 36.5 Å². The second kappa shape index (κ2) is 5.55. The van der Waals surface area contributed by atoms with Gasteiger partial charge in [-0.3, -0.25) is 4.98 Å². The quantitative estimate of drug-likeness (QED) is 0.907. The SMILES string of the molecule is OCc1ccc(OCc2c(F)cccc2F)cn1. The first-order valence-electron chi connectivity index (χ1n) is 5.32. The second-order valence-corrected chi connectivity index (χ2v) is 3.63. The third kappa shape index (κ3) is 2.81. The number of benzene rings is 1. The van der Waals surface area contributed by atoms with Crippen LogP contribution < -0.4 is 4.74 Å². The second-order valence-electron chi connectivity index (χ2n) is 3.63. The van der Waals surface area contributed by atoms with E-state index < -0.39 is 11.6 Å². The number of halogens is 2. The van der Waals surface area contributed by atoms with Crippen LogP contribution in [-0.2, 0) is 13.2 Å². The van der Waals surface area contributed by atoms with Crippen LogP contribution in [0.3, 0.4) is 0 Å². The van der Waals surface area contributed by atoms with Crippen molar-refractivity contribution in [3.05, 3.63) is 59.4 Å². The number of hydrogen-bond donors (Lipinski definition) is 1. The highest BCUT2D eigenvalue weighted by molar-refractivity contribution is 5.22. The first-order chi connectivity index (χ1) is 8.70. The lowest BCUT2D eigenvalue weighted by molar-refractivity contribution is 0.274. The molecule has 0 amide bonds. The number of hydrogen-bond acceptors (Lipinski definition) is 3. The molecule has 1 N–H and O–H groups in total. The maximum absolute atomic E-state index is 13.3. The van der Waals surface area contributed by atoms with Crippen molar-refractivity contribution in [2.45, 2.75) is 13.2 Å². The highest BCUT2D eigenvalue weighted by atomic mass is 19.1. The van der Waals surface area contributed by atoms with E-state index >= 15 is 0 Å². The summed E-state index contributed by atoms with van der Waals surface area (Å²) in [5.74, 6) is -0.903. The maximum atomic E-state index is 13.3. The number of aliphatic hydroxyl groups excluding tert-OH is 1. The first kappa shape index (κ1) is 12.4. The molecule has 0 radical (unpaired) electrons. The van der Waals surface area contributed by atoms with Gasteiger partial charge in [-0.2, -0.15) is 0 Å². The minimum atomic E-state index is -0.644. The molecular formula is C13H11F2NO2. The molecule has 3 nitrogen and oxygen atoms in total. The fraction of sp³-hybridized carbons (Fsp3) is 0.154. The highest BCUT2D eigenvalue weighted by Gasteiger charge is 2.08. The predicted octanol–water partition coefficient (Wildman–Crippen LogP) is 2.43. The zero-order valence-corrected chi connectivity index (χ0v) is 9.44. The number of nitrogens with zero attached hydrogens (tertiary/aromatic N) is 1. The van der Waals surface area contributed by atoms with Gasteiger partial charge in [0.05, 0.1) is 24.1 Å². The Morgan fingerprint density at radius 3 is 2.39 bits per heavy atom. The van der Waals surface area contributed by atoms with Gasteiger partial charge in [0.1, 0.15) is 24.0 Å². The zero-order chi connectivity index (χ0) is 13.0. The van der Waals surface area contributed by atoms with Crippen molar-refractivity contribution in [3.8, 4) is 5.75 Å². The van der Waals surface area contributed by atoms with Gasteiger partial charge in [-0.1, -0.05) is 6.07 Å². The molecule has 1 heterocycles. The van der Waals surface area contributed by atoms with Crippen molar-refractivity contribution in [2.24, 2.45) is 0 Å². The molecule has 5 heteroatoms. The normalized spacial score (nSPS) is 10.4. The molecule has 0 saturated carbocycles. The summed E-state index contributed by atoms with van der Waals surface area (Å²) in [5.41, 5.74) is 0.378. The lowest BCUT2D eigenvalue weighted by Gasteiger charge is -2.08. The Balaban J connectivity index is 2.06. The lowest BCUT2D eigenvalue weighted by atomic mass is 10.2. The number of pyridine rings is 1. The molecule has 0 atom stereocenters. The smallest absolute Gasteiger partial charge is 0.138 e. The van der Waals surface area contributed by atoms with E-state index in [1.807, 2.05) is 0 Å². The maximum Gasteiger partial charge on any atom is 0.138 e. The minimum absolute atomic E-state index is 0.122. The van der Waals surface area contributed by atoms with Crippen LogP contribution in [0.25, 0.3) is 0 Å². The van der Waals surface area contributed by atoms with Crippen molar-refractivity contribution in [2.75, 3.05) is 0 Å². The Bertz CT molecular complexity index is 509. The van der Waals surface area contributed by atoms with Gasteiger partial charge in [-0.05, 0) is 24.3 Å². The number of aliphatic hydroxyl groups is 1. The van der Waals surface area contributed by atoms with Crippen LogP contribution in [-0.4, -0.2) is 10.1 Å². The van der Waals surface area contributed by atoms with Gasteiger partial charge in [0.2, 0.25) is 0 Å². The van der Waals surface area contributed by atoms with Crippen LogP contribution in [0.2, 0.25) is 0 Å². The molecule has 0 bridgehead atoms. The van der Waals surface area contributed by atoms with Crippen molar-refractivity contribution in [3.63, 3.8) is 0 Å². The topological polar surface area (TPSA) is 42.4 Å². The van der Waals surface area contributed by atoms with Gasteiger partial charge in [0, 0.05) is 0 Å². The highest BCUT2D eigenvalue weighted by Crippen LogP contribution is 2.16. The Morgan fingerprint density at radius 2 is 1.83 bits per heavy atom. The molecule has 0 spiro atoms. The van der Waals surface area contributed by atoms with E-state index in [0.717, 1.165) is 0 Å². The Kier molecular flexibility index (Phi) is 3.84. The average molecular weight is 251 g/mol. The van der Waals surface area contributed by atoms with Crippen LogP contribution in [0.5, 0.6) is 5.75 Å². The minimum Gasteiger partial charge on any atom is -0.487 e. The van der Waals surface area contributed by atoms with E-state index in [1.54, 1.807) is 12.1 Å². The monoisotopic (exact) mass is 251 g/mol. The van der Waals surface area contributed by atoms with E-state index in [-0.39, 0.29) is 18.8 Å². The van der Waals surface area contributed by atoms with Crippen molar-refractivity contribution in [1.82, 2.24) is 4.98 Å². The summed E-state index contributed by atoms with van der Waals surface area (Å²) in [7, 11) is 0. The Hall–Kier alpha value is -2.01. The van der Waals surface area contributed by atoms with E-state index in [1.165, 1.54) is 24.4 Å².